The second kappa shape index (κ2) is 12.9. The van der Waals surface area contributed by atoms with Crippen LogP contribution in [0.15, 0.2) is 23.1 Å². The number of nitrogen functional groups attached to an aromatic ring is 1. The van der Waals surface area contributed by atoms with Crippen molar-refractivity contribution in [3.63, 3.8) is 0 Å². The van der Waals surface area contributed by atoms with E-state index in [9.17, 15) is 31.2 Å². The summed E-state index contributed by atoms with van der Waals surface area (Å²) in [5.41, 5.74) is 3.65. The van der Waals surface area contributed by atoms with Crippen molar-refractivity contribution in [3.05, 3.63) is 50.5 Å². The van der Waals surface area contributed by atoms with Gasteiger partial charge in [-0.2, -0.15) is 13.2 Å². The molecule has 0 aliphatic carbocycles. The van der Waals surface area contributed by atoms with E-state index in [1.807, 2.05) is 0 Å². The lowest BCUT2D eigenvalue weighted by Gasteiger charge is -2.33. The number of rotatable bonds is 9. The molecule has 2 aromatic rings. The Morgan fingerprint density at radius 1 is 1.24 bits per heavy atom. The number of hydrogen-bond acceptors (Lipinski definition) is 7. The topological polar surface area (TPSA) is 151 Å². The summed E-state index contributed by atoms with van der Waals surface area (Å²) in [5, 5.41) is 13.4. The molecule has 1 aliphatic rings. The summed E-state index contributed by atoms with van der Waals surface area (Å²) in [6.07, 6.45) is -5.06. The molecular formula is C25H29Cl2F3N4O6S. The van der Waals surface area contributed by atoms with Gasteiger partial charge in [-0.3, -0.25) is 9.69 Å². The van der Waals surface area contributed by atoms with Gasteiger partial charge in [-0.25, -0.2) is 13.2 Å². The first-order chi connectivity index (χ1) is 19.1. The second-order valence-electron chi connectivity index (χ2n) is 9.38. The first-order valence-electron chi connectivity index (χ1n) is 12.4. The average molecular weight is 641 g/mol. The first-order valence-corrected chi connectivity index (χ1v) is 14.8. The molecule has 2 aromatic carbocycles. The normalized spacial score (nSPS) is 16.3. The Balaban J connectivity index is 1.95. The van der Waals surface area contributed by atoms with E-state index in [0.29, 0.717) is 25.5 Å². The third-order valence-electron chi connectivity index (χ3n) is 6.62. The molecule has 0 aromatic heterocycles. The zero-order valence-corrected chi connectivity index (χ0v) is 24.4. The summed E-state index contributed by atoms with van der Waals surface area (Å²) in [6, 6.07) is 2.73. The molecule has 16 heteroatoms. The van der Waals surface area contributed by atoms with Crippen LogP contribution in [0.1, 0.15) is 46.8 Å². The number of nitrogens with two attached hydrogens (primary N) is 1. The molecule has 1 saturated heterocycles. The van der Waals surface area contributed by atoms with Crippen molar-refractivity contribution in [2.45, 2.75) is 50.0 Å². The van der Waals surface area contributed by atoms with Crippen molar-refractivity contribution in [2.75, 3.05) is 31.7 Å². The van der Waals surface area contributed by atoms with E-state index in [1.165, 1.54) is 26.2 Å². The number of hydrogen-bond donors (Lipinski definition) is 4. The van der Waals surface area contributed by atoms with Gasteiger partial charge >= 0.3 is 12.3 Å². The van der Waals surface area contributed by atoms with Crippen molar-refractivity contribution in [1.82, 2.24) is 15.5 Å². The smallest absolute Gasteiger partial charge is 0.416 e. The lowest BCUT2D eigenvalue weighted by Crippen LogP contribution is -2.47. The van der Waals surface area contributed by atoms with Crippen molar-refractivity contribution in [1.29, 1.82) is 0 Å². The number of anilines is 1. The quantitative estimate of drug-likeness (QED) is 0.291. The molecule has 226 valence electrons. The monoisotopic (exact) mass is 640 g/mol. The Morgan fingerprint density at radius 2 is 1.93 bits per heavy atom. The van der Waals surface area contributed by atoms with Gasteiger partial charge in [-0.05, 0) is 42.6 Å². The number of likely N-dealkylation sites (tertiary alicyclic amines) is 1. The lowest BCUT2D eigenvalue weighted by atomic mass is 9.98. The predicted octanol–water partition coefficient (Wildman–Crippen LogP) is 4.56. The number of halogens is 5. The summed E-state index contributed by atoms with van der Waals surface area (Å²) in [5.74, 6) is -1.35. The lowest BCUT2D eigenvalue weighted by molar-refractivity contribution is -0.138. The molecule has 2 amide bonds. The molecule has 0 unspecified atom stereocenters. The maximum Gasteiger partial charge on any atom is 0.416 e. The number of methoxy groups -OCH3 is 1. The number of piperidine rings is 1. The summed E-state index contributed by atoms with van der Waals surface area (Å²) in [6.45, 7) is 1.28. The van der Waals surface area contributed by atoms with Gasteiger partial charge in [0.05, 0.1) is 34.7 Å². The minimum absolute atomic E-state index is 0.0478. The van der Waals surface area contributed by atoms with Gasteiger partial charge in [-0.1, -0.05) is 30.1 Å². The third kappa shape index (κ3) is 7.67. The van der Waals surface area contributed by atoms with Gasteiger partial charge < -0.3 is 26.2 Å². The molecule has 1 atom stereocenters. The SMILES string of the molecule is CCS(=O)(=O)c1c(CNC(=O)c2cc(C(F)(F)F)c(CN3CCC[C@@H](NC(=O)O)C3)c(Cl)c2N)cc(Cl)cc1OC. The van der Waals surface area contributed by atoms with Crippen molar-refractivity contribution in [3.8, 4) is 5.75 Å². The van der Waals surface area contributed by atoms with E-state index in [-0.39, 0.29) is 45.6 Å². The zero-order chi connectivity index (χ0) is 30.7. The van der Waals surface area contributed by atoms with Gasteiger partial charge in [0.2, 0.25) is 0 Å². The van der Waals surface area contributed by atoms with Crippen LogP contribution in [0.25, 0.3) is 0 Å². The van der Waals surface area contributed by atoms with E-state index in [0.717, 1.165) is 0 Å². The number of carbonyl (C=O) groups excluding carboxylic acids is 1. The molecule has 0 spiro atoms. The summed E-state index contributed by atoms with van der Waals surface area (Å²) >= 11 is 12.4. The number of alkyl halides is 3. The van der Waals surface area contributed by atoms with Crippen LogP contribution in [0.2, 0.25) is 10.0 Å². The number of nitrogens with one attached hydrogen (secondary N) is 2. The van der Waals surface area contributed by atoms with Crippen LogP contribution in [0, 0.1) is 0 Å². The molecule has 0 radical (unpaired) electrons. The fourth-order valence-electron chi connectivity index (χ4n) is 4.69. The number of benzene rings is 2. The van der Waals surface area contributed by atoms with E-state index in [1.54, 1.807) is 4.90 Å². The van der Waals surface area contributed by atoms with Crippen LogP contribution in [0.5, 0.6) is 5.75 Å². The minimum atomic E-state index is -4.90. The Labute approximate surface area is 244 Å². The molecule has 1 heterocycles. The van der Waals surface area contributed by atoms with E-state index >= 15 is 0 Å². The molecule has 10 nitrogen and oxygen atoms in total. The zero-order valence-electron chi connectivity index (χ0n) is 22.1. The van der Waals surface area contributed by atoms with Gasteiger partial charge in [0, 0.05) is 36.8 Å². The van der Waals surface area contributed by atoms with Crippen LogP contribution < -0.4 is 21.1 Å². The van der Waals surface area contributed by atoms with Gasteiger partial charge in [0.15, 0.2) is 9.84 Å². The highest BCUT2D eigenvalue weighted by molar-refractivity contribution is 7.91. The maximum absolute atomic E-state index is 14.2. The molecule has 1 fully saturated rings. The molecule has 0 bridgehead atoms. The number of amides is 2. The van der Waals surface area contributed by atoms with Crippen LogP contribution in [0.3, 0.4) is 0 Å². The third-order valence-corrected chi connectivity index (χ3v) is 9.11. The molecule has 1 aliphatic heterocycles. The standard InChI is InChI=1S/C25H29Cl2F3N4O6S/c1-3-41(38,39)22-13(7-14(26)8-19(22)40-2)10-32-23(35)16-9-18(25(28,29)30)17(20(27)21(16)31)12-34-6-4-5-15(11-34)33-24(36)37/h7-9,15,33H,3-6,10-12,31H2,1-2H3,(H,32,35)(H,36,37)/t15-/m1/s1. The fourth-order valence-corrected chi connectivity index (χ4v) is 6.45. The second-order valence-corrected chi connectivity index (χ2v) is 12.4. The number of sulfone groups is 1. The summed E-state index contributed by atoms with van der Waals surface area (Å²) in [4.78, 5) is 25.5. The van der Waals surface area contributed by atoms with E-state index in [4.69, 9.17) is 38.8 Å². The number of carbonyl (C=O) groups is 2. The Morgan fingerprint density at radius 3 is 2.51 bits per heavy atom. The Kier molecular flexibility index (Phi) is 10.3. The minimum Gasteiger partial charge on any atom is -0.495 e. The van der Waals surface area contributed by atoms with Crippen LogP contribution in [-0.4, -0.2) is 62.4 Å². The molecule has 3 rings (SSSR count). The van der Waals surface area contributed by atoms with E-state index < -0.39 is 62.4 Å². The highest BCUT2D eigenvalue weighted by Gasteiger charge is 2.37. The van der Waals surface area contributed by atoms with Gasteiger partial charge in [0.25, 0.3) is 5.91 Å². The van der Waals surface area contributed by atoms with Crippen LogP contribution in [0.4, 0.5) is 23.7 Å². The molecular weight excluding hydrogens is 612 g/mol. The van der Waals surface area contributed by atoms with Crippen molar-refractivity contribution >= 4 is 50.7 Å². The Bertz CT molecular complexity index is 1440. The van der Waals surface area contributed by atoms with Gasteiger partial charge in [0.1, 0.15) is 10.6 Å². The molecule has 0 saturated carbocycles. The van der Waals surface area contributed by atoms with Crippen molar-refractivity contribution in [2.24, 2.45) is 0 Å². The van der Waals surface area contributed by atoms with Crippen LogP contribution >= 0.6 is 23.2 Å². The first kappa shape index (κ1) is 32.6. The highest BCUT2D eigenvalue weighted by Crippen LogP contribution is 2.40. The maximum atomic E-state index is 14.2. The average Bonchev–Trinajstić information content (AvgIpc) is 2.88. The summed E-state index contributed by atoms with van der Waals surface area (Å²) in [7, 11) is -2.60. The summed E-state index contributed by atoms with van der Waals surface area (Å²) < 4.78 is 73.1. The molecule has 41 heavy (non-hydrogen) atoms. The largest absolute Gasteiger partial charge is 0.495 e. The van der Waals surface area contributed by atoms with E-state index in [2.05, 4.69) is 10.6 Å². The molecule has 5 N–H and O–H groups in total. The van der Waals surface area contributed by atoms with Gasteiger partial charge in [-0.15, -0.1) is 0 Å². The predicted molar refractivity (Wildman–Crippen MR) is 147 cm³/mol. The number of carboxylic acid groups (broad SMARTS) is 1. The number of ether oxygens (including phenoxy) is 1. The number of nitrogens with zero attached hydrogens (tertiary/aromatic N) is 1. The van der Waals surface area contributed by atoms with Crippen LogP contribution in [-0.2, 0) is 29.1 Å². The Hall–Kier alpha value is -2.94. The van der Waals surface area contributed by atoms with Crippen molar-refractivity contribution < 1.29 is 41.0 Å². The highest BCUT2D eigenvalue weighted by atomic mass is 35.5. The fraction of sp³-hybridized carbons (Fsp3) is 0.440.